The van der Waals surface area contributed by atoms with E-state index >= 15 is 13.2 Å². The molecule has 30 heavy (non-hydrogen) atoms. The zero-order valence-electron chi connectivity index (χ0n) is 18.2. The lowest BCUT2D eigenvalue weighted by molar-refractivity contribution is -0.475. The molecule has 1 aromatic carbocycles. The van der Waals surface area contributed by atoms with Gasteiger partial charge in [-0.1, -0.05) is 56.5 Å². The topological polar surface area (TPSA) is 38.7 Å². The number of unbranched alkanes of at least 4 members (excludes halogenated alkanes) is 3. The molecule has 0 aromatic heterocycles. The Kier molecular flexibility index (Phi) is 9.26. The highest BCUT2D eigenvalue weighted by atomic mass is 19.3. The van der Waals surface area contributed by atoms with Crippen molar-refractivity contribution in [2.75, 3.05) is 0 Å². The van der Waals surface area contributed by atoms with Crippen molar-refractivity contribution >= 4 is 0 Å². The third kappa shape index (κ3) is 5.51. The van der Waals surface area contributed by atoms with Crippen LogP contribution >= 0.6 is 0 Å². The summed E-state index contributed by atoms with van der Waals surface area (Å²) in [7, 11) is 0. The normalized spacial score (nSPS) is 15.6. The molecule has 1 N–H and O–H groups in total. The van der Waals surface area contributed by atoms with E-state index in [0.29, 0.717) is 12.8 Å². The molecule has 0 saturated carbocycles. The van der Waals surface area contributed by atoms with Crippen LogP contribution in [0.25, 0.3) is 0 Å². The molecule has 174 valence electrons. The molecular formula is C22H33F5O3. The third-order valence-corrected chi connectivity index (χ3v) is 4.63. The first-order valence-electron chi connectivity index (χ1n) is 10.3. The fourth-order valence-corrected chi connectivity index (χ4v) is 3.24. The Morgan fingerprint density at radius 1 is 0.833 bits per heavy atom. The molecule has 1 unspecified atom stereocenters. The van der Waals surface area contributed by atoms with E-state index in [4.69, 9.17) is 9.47 Å². The van der Waals surface area contributed by atoms with Crippen molar-refractivity contribution in [3.8, 4) is 0 Å². The van der Waals surface area contributed by atoms with Crippen molar-refractivity contribution in [3.05, 3.63) is 35.9 Å². The first kappa shape index (κ1) is 26.8. The van der Waals surface area contributed by atoms with Crippen molar-refractivity contribution in [1.82, 2.24) is 0 Å². The monoisotopic (exact) mass is 440 g/mol. The highest BCUT2D eigenvalue weighted by Crippen LogP contribution is 2.57. The Labute approximate surface area is 175 Å². The van der Waals surface area contributed by atoms with Gasteiger partial charge in [0.25, 0.3) is 5.67 Å². The summed E-state index contributed by atoms with van der Waals surface area (Å²) in [5.41, 5.74) is -5.25. The van der Waals surface area contributed by atoms with Crippen LogP contribution < -0.4 is 0 Å². The smallest absolute Gasteiger partial charge is 0.340 e. The number of halogens is 5. The fraction of sp³-hybridized carbons (Fsp3) is 0.727. The third-order valence-electron chi connectivity index (χ3n) is 4.63. The molecule has 0 bridgehead atoms. The van der Waals surface area contributed by atoms with Gasteiger partial charge >= 0.3 is 17.8 Å². The van der Waals surface area contributed by atoms with Crippen molar-refractivity contribution < 1.29 is 36.5 Å². The number of aliphatic hydroxyl groups is 1. The molecule has 0 aliphatic rings. The number of hydrogen-bond acceptors (Lipinski definition) is 3. The minimum atomic E-state index is -5.34. The molecule has 1 aromatic rings. The number of hydrogen-bond donors (Lipinski definition) is 1. The van der Waals surface area contributed by atoms with Crippen molar-refractivity contribution in [2.24, 2.45) is 0 Å². The first-order valence-corrected chi connectivity index (χ1v) is 10.3. The van der Waals surface area contributed by atoms with E-state index in [1.54, 1.807) is 0 Å². The number of benzene rings is 1. The first-order chi connectivity index (χ1) is 13.7. The molecule has 1 rings (SSSR count). The summed E-state index contributed by atoms with van der Waals surface area (Å²) in [6, 6.07) is 5.64. The maximum Gasteiger partial charge on any atom is 0.355 e. The SMILES string of the molecule is CCCCCCC(F)(F)C(F)(F)C(F)(c1ccccc1)C(O)(OC(C)C)OC(C)C. The predicted octanol–water partition coefficient (Wildman–Crippen LogP) is 6.59. The van der Waals surface area contributed by atoms with E-state index in [1.165, 1.54) is 45.9 Å². The highest BCUT2D eigenvalue weighted by Gasteiger charge is 2.79. The van der Waals surface area contributed by atoms with E-state index in [0.717, 1.165) is 18.6 Å². The van der Waals surface area contributed by atoms with Gasteiger partial charge in [0, 0.05) is 12.0 Å². The summed E-state index contributed by atoms with van der Waals surface area (Å²) in [6.07, 6.45) is -1.82. The quantitative estimate of drug-likeness (QED) is 0.214. The summed E-state index contributed by atoms with van der Waals surface area (Å²) < 4.78 is 86.9. The van der Waals surface area contributed by atoms with E-state index in [9.17, 15) is 13.9 Å². The van der Waals surface area contributed by atoms with Gasteiger partial charge in [0.15, 0.2) is 0 Å². The molecule has 0 aliphatic carbocycles. The molecule has 0 aliphatic heterocycles. The fourth-order valence-electron chi connectivity index (χ4n) is 3.24. The number of rotatable bonds is 13. The zero-order valence-corrected chi connectivity index (χ0v) is 18.2. The van der Waals surface area contributed by atoms with E-state index in [-0.39, 0.29) is 6.42 Å². The number of ether oxygens (including phenoxy) is 2. The Balaban J connectivity index is 3.60. The second kappa shape index (κ2) is 10.4. The van der Waals surface area contributed by atoms with Gasteiger partial charge in [0.05, 0.1) is 12.2 Å². The number of alkyl halides is 5. The molecule has 1 atom stereocenters. The van der Waals surface area contributed by atoms with Crippen LogP contribution in [0.5, 0.6) is 0 Å². The largest absolute Gasteiger partial charge is 0.355 e. The summed E-state index contributed by atoms with van der Waals surface area (Å²) in [5, 5.41) is 10.9. The van der Waals surface area contributed by atoms with E-state index in [2.05, 4.69) is 0 Å². The van der Waals surface area contributed by atoms with Gasteiger partial charge in [-0.15, -0.1) is 0 Å². The van der Waals surface area contributed by atoms with Crippen molar-refractivity contribution in [1.29, 1.82) is 0 Å². The van der Waals surface area contributed by atoms with E-state index < -0.39 is 47.7 Å². The maximum atomic E-state index is 16.4. The van der Waals surface area contributed by atoms with Gasteiger partial charge in [0.2, 0.25) is 0 Å². The average Bonchev–Trinajstić information content (AvgIpc) is 2.63. The standard InChI is InChI=1S/C22H33F5O3/c1-6-7-8-12-15-19(23,24)21(26,27)20(25,18-13-10-9-11-14-18)22(28,29-16(2)3)30-17(4)5/h9-11,13-14,16-17,28H,6-8,12,15H2,1-5H3. The molecule has 0 saturated heterocycles. The van der Waals surface area contributed by atoms with Crippen LogP contribution in [0.3, 0.4) is 0 Å². The summed E-state index contributed by atoms with van der Waals surface area (Å²) in [5.74, 6) is -13.8. The van der Waals surface area contributed by atoms with Crippen LogP contribution in [0.1, 0.15) is 72.3 Å². The Bertz CT molecular complexity index is 627. The predicted molar refractivity (Wildman–Crippen MR) is 105 cm³/mol. The molecule has 0 spiro atoms. The minimum Gasteiger partial charge on any atom is -0.340 e. The molecule has 3 nitrogen and oxygen atoms in total. The molecule has 0 fully saturated rings. The maximum absolute atomic E-state index is 16.4. The highest BCUT2D eigenvalue weighted by molar-refractivity contribution is 5.29. The Hall–Kier alpha value is -1.25. The van der Waals surface area contributed by atoms with Gasteiger partial charge in [-0.3, -0.25) is 0 Å². The van der Waals surface area contributed by atoms with Crippen LogP contribution in [-0.2, 0) is 15.1 Å². The van der Waals surface area contributed by atoms with Gasteiger partial charge in [-0.25, -0.2) is 4.39 Å². The summed E-state index contributed by atoms with van der Waals surface area (Å²) >= 11 is 0. The lowest BCUT2D eigenvalue weighted by atomic mass is 9.81. The van der Waals surface area contributed by atoms with Gasteiger partial charge in [-0.05, 0) is 34.1 Å². The summed E-state index contributed by atoms with van der Waals surface area (Å²) in [6.45, 7) is 7.24. The van der Waals surface area contributed by atoms with Gasteiger partial charge in [0.1, 0.15) is 0 Å². The molecule has 0 heterocycles. The van der Waals surface area contributed by atoms with Crippen LogP contribution in [0, 0.1) is 0 Å². The van der Waals surface area contributed by atoms with E-state index in [1.807, 2.05) is 6.92 Å². The van der Waals surface area contributed by atoms with Crippen molar-refractivity contribution in [3.63, 3.8) is 0 Å². The van der Waals surface area contributed by atoms with Crippen LogP contribution in [0.2, 0.25) is 0 Å². The second-order valence-electron chi connectivity index (χ2n) is 8.03. The molecular weight excluding hydrogens is 407 g/mol. The van der Waals surface area contributed by atoms with Crippen LogP contribution in [0.4, 0.5) is 22.0 Å². The van der Waals surface area contributed by atoms with Gasteiger partial charge in [-0.2, -0.15) is 17.6 Å². The Morgan fingerprint density at radius 2 is 1.33 bits per heavy atom. The lowest BCUT2D eigenvalue weighted by Crippen LogP contribution is -2.68. The van der Waals surface area contributed by atoms with Crippen molar-refractivity contribution in [2.45, 2.75) is 102 Å². The minimum absolute atomic E-state index is 0.212. The van der Waals surface area contributed by atoms with Gasteiger partial charge < -0.3 is 14.6 Å². The second-order valence-corrected chi connectivity index (χ2v) is 8.03. The lowest BCUT2D eigenvalue weighted by Gasteiger charge is -2.47. The molecule has 8 heteroatoms. The van der Waals surface area contributed by atoms with Crippen LogP contribution in [0.15, 0.2) is 30.3 Å². The molecule has 0 amide bonds. The molecule has 0 radical (unpaired) electrons. The Morgan fingerprint density at radius 3 is 1.77 bits per heavy atom. The zero-order chi connectivity index (χ0) is 23.2. The van der Waals surface area contributed by atoms with Crippen LogP contribution in [-0.4, -0.2) is 35.1 Å². The average molecular weight is 440 g/mol. The summed E-state index contributed by atoms with van der Waals surface area (Å²) in [4.78, 5) is 0.